The smallest absolute Gasteiger partial charge is 0.252 e. The lowest BCUT2D eigenvalue weighted by Crippen LogP contribution is -2.19. The number of aromatic nitrogens is 1. The van der Waals surface area contributed by atoms with Crippen molar-refractivity contribution in [3.63, 3.8) is 0 Å². The van der Waals surface area contributed by atoms with Gasteiger partial charge >= 0.3 is 0 Å². The molecule has 0 radical (unpaired) electrons. The molecule has 1 N–H and O–H groups in total. The fourth-order valence-corrected chi connectivity index (χ4v) is 2.66. The quantitative estimate of drug-likeness (QED) is 0.912. The number of rotatable bonds is 4. The van der Waals surface area contributed by atoms with Gasteiger partial charge in [-0.3, -0.25) is 4.79 Å². The molecule has 3 heteroatoms. The molecule has 0 aliphatic heterocycles. The second-order valence-corrected chi connectivity index (χ2v) is 5.67. The van der Waals surface area contributed by atoms with E-state index in [-0.39, 0.29) is 5.56 Å². The van der Waals surface area contributed by atoms with Gasteiger partial charge in [0.25, 0.3) is 5.56 Å². The first-order valence-corrected chi connectivity index (χ1v) is 6.99. The third-order valence-corrected chi connectivity index (χ3v) is 4.20. The van der Waals surface area contributed by atoms with Crippen LogP contribution >= 0.6 is 0 Å². The van der Waals surface area contributed by atoms with Crippen LogP contribution in [0.4, 0.5) is 5.69 Å². The summed E-state index contributed by atoms with van der Waals surface area (Å²) in [6.07, 6.45) is 2.72. The molecule has 3 rings (SSSR count). The van der Waals surface area contributed by atoms with E-state index < -0.39 is 0 Å². The maximum atomic E-state index is 12.0. The van der Waals surface area contributed by atoms with Crippen LogP contribution in [0.3, 0.4) is 0 Å². The summed E-state index contributed by atoms with van der Waals surface area (Å²) in [7, 11) is 1.82. The molecule has 2 aromatic rings. The minimum Gasteiger partial charge on any atom is -0.384 e. The minimum atomic E-state index is 0.0419. The number of hydrogen-bond donors (Lipinski definition) is 1. The van der Waals surface area contributed by atoms with E-state index in [0.29, 0.717) is 5.92 Å². The van der Waals surface area contributed by atoms with Crippen molar-refractivity contribution in [2.75, 3.05) is 11.9 Å². The molecule has 1 aromatic carbocycles. The highest BCUT2D eigenvalue weighted by atomic mass is 16.1. The highest BCUT2D eigenvalue weighted by molar-refractivity contribution is 5.91. The molecule has 1 unspecified atom stereocenters. The first-order valence-electron chi connectivity index (χ1n) is 6.99. The van der Waals surface area contributed by atoms with E-state index in [1.807, 2.05) is 25.2 Å². The minimum absolute atomic E-state index is 0.0419. The fraction of sp³-hybridized carbons (Fsp3) is 0.438. The molecule has 3 nitrogen and oxygen atoms in total. The average molecular weight is 256 g/mol. The molecule has 1 fully saturated rings. The zero-order valence-corrected chi connectivity index (χ0v) is 11.5. The van der Waals surface area contributed by atoms with E-state index in [1.165, 1.54) is 12.8 Å². The van der Waals surface area contributed by atoms with Crippen molar-refractivity contribution in [1.82, 2.24) is 4.57 Å². The molecule has 1 atom stereocenters. The lowest BCUT2D eigenvalue weighted by atomic mass is 10.1. The fourth-order valence-electron chi connectivity index (χ4n) is 2.66. The molecule has 0 saturated heterocycles. The molecule has 1 heterocycles. The second-order valence-electron chi connectivity index (χ2n) is 5.67. The molecule has 19 heavy (non-hydrogen) atoms. The van der Waals surface area contributed by atoms with E-state index in [1.54, 1.807) is 10.6 Å². The number of nitrogens with one attached hydrogen (secondary N) is 1. The summed E-state index contributed by atoms with van der Waals surface area (Å²) < 4.78 is 1.70. The van der Waals surface area contributed by atoms with Gasteiger partial charge in [-0.25, -0.2) is 0 Å². The van der Waals surface area contributed by atoms with Crippen LogP contribution in [0.25, 0.3) is 10.9 Å². The Bertz CT molecular complexity index is 655. The molecule has 0 bridgehead atoms. The summed E-state index contributed by atoms with van der Waals surface area (Å²) in [5.41, 5.74) is 1.99. The summed E-state index contributed by atoms with van der Waals surface area (Å²) in [5.74, 6) is 1.56. The van der Waals surface area contributed by atoms with Gasteiger partial charge in [-0.05, 0) is 30.7 Å². The van der Waals surface area contributed by atoms with Crippen molar-refractivity contribution in [2.24, 2.45) is 18.9 Å². The summed E-state index contributed by atoms with van der Waals surface area (Å²) in [6, 6.07) is 9.76. The maximum Gasteiger partial charge on any atom is 0.252 e. The normalized spacial score (nSPS) is 16.5. The molecular formula is C16H20N2O. The van der Waals surface area contributed by atoms with Crippen LogP contribution in [0.1, 0.15) is 19.8 Å². The van der Waals surface area contributed by atoms with Crippen LogP contribution < -0.4 is 10.9 Å². The lowest BCUT2D eigenvalue weighted by molar-refractivity contribution is 0.537. The third kappa shape index (κ3) is 2.37. The summed E-state index contributed by atoms with van der Waals surface area (Å²) >= 11 is 0. The van der Waals surface area contributed by atoms with Gasteiger partial charge in [-0.15, -0.1) is 0 Å². The van der Waals surface area contributed by atoms with E-state index in [2.05, 4.69) is 18.3 Å². The van der Waals surface area contributed by atoms with Crippen LogP contribution in [0.15, 0.2) is 35.1 Å². The van der Waals surface area contributed by atoms with Gasteiger partial charge in [0.05, 0.1) is 5.52 Å². The van der Waals surface area contributed by atoms with Crippen LogP contribution in [0.5, 0.6) is 0 Å². The third-order valence-electron chi connectivity index (χ3n) is 4.20. The first-order chi connectivity index (χ1) is 9.16. The Morgan fingerprint density at radius 1 is 1.37 bits per heavy atom. The van der Waals surface area contributed by atoms with Gasteiger partial charge in [0.15, 0.2) is 0 Å². The SMILES string of the molecule is CC(CNc1cc(=O)n(C)c2ccccc12)C1CC1. The standard InChI is InChI=1S/C16H20N2O/c1-11(12-7-8-12)10-17-14-9-16(19)18(2)15-6-4-3-5-13(14)15/h3-6,9,11-12,17H,7-8,10H2,1-2H3. The Morgan fingerprint density at radius 2 is 2.11 bits per heavy atom. The number of benzene rings is 1. The number of pyridine rings is 1. The maximum absolute atomic E-state index is 12.0. The topological polar surface area (TPSA) is 34.0 Å². The number of hydrogen-bond acceptors (Lipinski definition) is 2. The average Bonchev–Trinajstić information content (AvgIpc) is 3.25. The van der Waals surface area contributed by atoms with Gasteiger partial charge in [-0.2, -0.15) is 0 Å². The number of anilines is 1. The van der Waals surface area contributed by atoms with Crippen LogP contribution in [-0.2, 0) is 7.05 Å². The molecule has 1 aliphatic carbocycles. The summed E-state index contributed by atoms with van der Waals surface area (Å²) in [5, 5.41) is 4.58. The highest BCUT2D eigenvalue weighted by Gasteiger charge is 2.27. The molecule has 1 aliphatic rings. The number of nitrogens with zero attached hydrogens (tertiary/aromatic N) is 1. The van der Waals surface area contributed by atoms with E-state index in [9.17, 15) is 4.79 Å². The molecule has 100 valence electrons. The van der Waals surface area contributed by atoms with Crippen molar-refractivity contribution < 1.29 is 0 Å². The number of fused-ring (bicyclic) bond motifs is 1. The monoisotopic (exact) mass is 256 g/mol. The number of aryl methyl sites for hydroxylation is 1. The second kappa shape index (κ2) is 4.72. The summed E-state index contributed by atoms with van der Waals surface area (Å²) in [6.45, 7) is 3.23. The molecule has 0 amide bonds. The van der Waals surface area contributed by atoms with Crippen molar-refractivity contribution in [1.29, 1.82) is 0 Å². The van der Waals surface area contributed by atoms with E-state index in [4.69, 9.17) is 0 Å². The van der Waals surface area contributed by atoms with Crippen LogP contribution in [0, 0.1) is 11.8 Å². The van der Waals surface area contributed by atoms with Gasteiger partial charge < -0.3 is 9.88 Å². The first kappa shape index (κ1) is 12.3. The van der Waals surface area contributed by atoms with Gasteiger partial charge in [0, 0.05) is 30.7 Å². The predicted octanol–water partition coefficient (Wildman–Crippen LogP) is 3.00. The molecular weight excluding hydrogens is 236 g/mol. The zero-order valence-electron chi connectivity index (χ0n) is 11.5. The van der Waals surface area contributed by atoms with Crippen molar-refractivity contribution in [3.8, 4) is 0 Å². The molecule has 0 spiro atoms. The Hall–Kier alpha value is -1.77. The van der Waals surface area contributed by atoms with Crippen molar-refractivity contribution in [3.05, 3.63) is 40.7 Å². The van der Waals surface area contributed by atoms with Crippen LogP contribution in [-0.4, -0.2) is 11.1 Å². The summed E-state index contributed by atoms with van der Waals surface area (Å²) in [4.78, 5) is 12.0. The van der Waals surface area contributed by atoms with E-state index in [0.717, 1.165) is 29.1 Å². The Labute approximate surface area is 113 Å². The number of para-hydroxylation sites is 1. The van der Waals surface area contributed by atoms with Crippen molar-refractivity contribution in [2.45, 2.75) is 19.8 Å². The Kier molecular flexibility index (Phi) is 3.05. The largest absolute Gasteiger partial charge is 0.384 e. The van der Waals surface area contributed by atoms with Crippen LogP contribution in [0.2, 0.25) is 0 Å². The zero-order chi connectivity index (χ0) is 13.4. The Balaban J connectivity index is 1.93. The lowest BCUT2D eigenvalue weighted by Gasteiger charge is -2.15. The Morgan fingerprint density at radius 3 is 2.84 bits per heavy atom. The predicted molar refractivity (Wildman–Crippen MR) is 79.6 cm³/mol. The van der Waals surface area contributed by atoms with Gasteiger partial charge in [0.2, 0.25) is 0 Å². The molecule has 1 aromatic heterocycles. The van der Waals surface area contributed by atoms with Gasteiger partial charge in [0.1, 0.15) is 0 Å². The highest BCUT2D eigenvalue weighted by Crippen LogP contribution is 2.36. The van der Waals surface area contributed by atoms with Gasteiger partial charge in [-0.1, -0.05) is 25.1 Å². The van der Waals surface area contributed by atoms with Crippen molar-refractivity contribution >= 4 is 16.6 Å². The molecule has 1 saturated carbocycles. The van der Waals surface area contributed by atoms with E-state index >= 15 is 0 Å².